The first-order valence-electron chi connectivity index (χ1n) is 14.9. The molecule has 2 aromatic rings. The van der Waals surface area contributed by atoms with Gasteiger partial charge in [0.2, 0.25) is 0 Å². The van der Waals surface area contributed by atoms with Crippen LogP contribution < -0.4 is 0 Å². The van der Waals surface area contributed by atoms with Gasteiger partial charge in [-0.1, -0.05) is 40.2 Å². The lowest BCUT2D eigenvalue weighted by molar-refractivity contribution is -0.162. The van der Waals surface area contributed by atoms with Crippen LogP contribution in [0, 0.1) is 39.9 Å². The summed E-state index contributed by atoms with van der Waals surface area (Å²) in [6.07, 6.45) is 11.3. The van der Waals surface area contributed by atoms with Gasteiger partial charge in [-0.2, -0.15) is 5.10 Å². The van der Waals surface area contributed by atoms with Gasteiger partial charge in [-0.3, -0.25) is 9.48 Å². The van der Waals surface area contributed by atoms with Crippen molar-refractivity contribution < 1.29 is 14.3 Å². The second-order valence-electron chi connectivity index (χ2n) is 13.3. The van der Waals surface area contributed by atoms with E-state index in [0.717, 1.165) is 56.2 Å². The molecule has 5 nitrogen and oxygen atoms in total. The van der Waals surface area contributed by atoms with E-state index in [9.17, 15) is 9.90 Å². The number of ketones is 1. The molecule has 4 aliphatic carbocycles. The molecular weight excluding hydrogens is 491 g/mol. The number of hydrogen-bond acceptors (Lipinski definition) is 4. The molecule has 9 atom stereocenters. The molecular formula is C32H45N2O3P. The highest BCUT2D eigenvalue weighted by atomic mass is 31.0. The Balaban J connectivity index is 1.33. The SMILES string of the molecule is CCC(=O)[C@@]1(CC)[C@H](C)C[C@H]2[C@@H]3CCC4=Cc5c(cnn5Cc5ccc(CP)o5)C[C@]4(C)[C@H]3[C@@H](O)C[C@@]21C. The second-order valence-corrected chi connectivity index (χ2v) is 13.7. The number of Topliss-reactive ketones (excluding diaryl/α,β-unsaturated/α-hetero) is 1. The summed E-state index contributed by atoms with van der Waals surface area (Å²) < 4.78 is 8.04. The smallest absolute Gasteiger partial charge is 0.139 e. The molecule has 1 unspecified atom stereocenters. The van der Waals surface area contributed by atoms with Gasteiger partial charge in [-0.05, 0) is 96.8 Å². The number of fused-ring (bicyclic) bond motifs is 6. The number of rotatable bonds is 6. The molecule has 6 rings (SSSR count). The molecule has 0 bridgehead atoms. The van der Waals surface area contributed by atoms with Crippen LogP contribution in [0.2, 0.25) is 0 Å². The van der Waals surface area contributed by atoms with E-state index in [1.807, 2.05) is 19.2 Å². The first-order valence-corrected chi connectivity index (χ1v) is 15.7. The molecule has 3 saturated carbocycles. The number of aliphatic hydroxyl groups is 1. The van der Waals surface area contributed by atoms with E-state index < -0.39 is 0 Å². The van der Waals surface area contributed by atoms with Gasteiger partial charge >= 0.3 is 0 Å². The van der Waals surface area contributed by atoms with Crippen LogP contribution >= 0.6 is 9.24 Å². The van der Waals surface area contributed by atoms with Gasteiger partial charge in [0.25, 0.3) is 0 Å². The third-order valence-corrected chi connectivity index (χ3v) is 12.4. The summed E-state index contributed by atoms with van der Waals surface area (Å²) >= 11 is 0. The van der Waals surface area contributed by atoms with Crippen LogP contribution in [0.1, 0.15) is 95.9 Å². The summed E-state index contributed by atoms with van der Waals surface area (Å²) in [6.45, 7) is 12.0. The number of aliphatic hydroxyl groups excluding tert-OH is 1. The molecule has 4 aliphatic rings. The number of aromatic nitrogens is 2. The zero-order valence-corrected chi connectivity index (χ0v) is 25.0. The zero-order valence-electron chi connectivity index (χ0n) is 23.8. The van der Waals surface area contributed by atoms with Crippen LogP contribution in [-0.2, 0) is 23.9 Å². The number of carbonyl (C=O) groups is 1. The molecule has 6 heteroatoms. The highest BCUT2D eigenvalue weighted by Gasteiger charge is 2.69. The average Bonchev–Trinajstić information content (AvgIpc) is 3.56. The molecule has 0 radical (unpaired) electrons. The van der Waals surface area contributed by atoms with Gasteiger partial charge in [-0.25, -0.2) is 0 Å². The maximum absolute atomic E-state index is 13.6. The van der Waals surface area contributed by atoms with Crippen LogP contribution in [0.3, 0.4) is 0 Å². The molecule has 0 aliphatic heterocycles. The summed E-state index contributed by atoms with van der Waals surface area (Å²) in [5.41, 5.74) is 3.44. The lowest BCUT2D eigenvalue weighted by Gasteiger charge is -2.61. The summed E-state index contributed by atoms with van der Waals surface area (Å²) in [7, 11) is 2.71. The molecule has 2 heterocycles. The van der Waals surface area contributed by atoms with Crippen molar-refractivity contribution in [3.8, 4) is 0 Å². The minimum Gasteiger partial charge on any atom is -0.464 e. The van der Waals surface area contributed by atoms with Crippen molar-refractivity contribution in [2.75, 3.05) is 0 Å². The Hall–Kier alpha value is -1.71. The van der Waals surface area contributed by atoms with E-state index in [0.29, 0.717) is 36.5 Å². The van der Waals surface area contributed by atoms with Crippen molar-refractivity contribution in [2.24, 2.45) is 39.9 Å². The molecule has 0 aromatic carbocycles. The summed E-state index contributed by atoms with van der Waals surface area (Å²) in [5.74, 6) is 3.87. The maximum atomic E-state index is 13.6. The Labute approximate surface area is 230 Å². The predicted molar refractivity (Wildman–Crippen MR) is 153 cm³/mol. The van der Waals surface area contributed by atoms with Crippen LogP contribution in [0.5, 0.6) is 0 Å². The first kappa shape index (κ1) is 26.5. The average molecular weight is 537 g/mol. The molecule has 38 heavy (non-hydrogen) atoms. The third kappa shape index (κ3) is 3.43. The van der Waals surface area contributed by atoms with Crippen molar-refractivity contribution in [2.45, 2.75) is 98.4 Å². The standard InChI is InChI=1S/C32H45N2O3P/c1-6-28(36)32(7-2)19(3)12-25-24-11-8-21-13-26-20(14-30(21,4)29(24)27(35)15-31(25,32)5)16-33-34(26)17-22-9-10-23(18-38)37-22/h9-10,13,16,19,24-25,27,29,35H,6-8,11-12,14-15,17-18,38H2,1-5H3/t19-,24+,25+,27+,29-,30+,31+,32-/m1/s1. The molecule has 1 N–H and O–H groups in total. The van der Waals surface area contributed by atoms with Crippen LogP contribution in [0.25, 0.3) is 6.08 Å². The Morgan fingerprint density at radius 1 is 1.26 bits per heavy atom. The van der Waals surface area contributed by atoms with E-state index >= 15 is 0 Å². The quantitative estimate of drug-likeness (QED) is 0.419. The van der Waals surface area contributed by atoms with Crippen LogP contribution in [-0.4, -0.2) is 26.8 Å². The predicted octanol–water partition coefficient (Wildman–Crippen LogP) is 6.67. The van der Waals surface area contributed by atoms with Crippen LogP contribution in [0.4, 0.5) is 0 Å². The van der Waals surface area contributed by atoms with Gasteiger partial charge < -0.3 is 9.52 Å². The van der Waals surface area contributed by atoms with Crippen molar-refractivity contribution in [1.29, 1.82) is 0 Å². The van der Waals surface area contributed by atoms with Crippen LogP contribution in [0.15, 0.2) is 28.3 Å². The van der Waals surface area contributed by atoms with E-state index in [4.69, 9.17) is 9.52 Å². The fourth-order valence-electron chi connectivity index (χ4n) is 10.4. The lowest BCUT2D eigenvalue weighted by atomic mass is 9.43. The van der Waals surface area contributed by atoms with E-state index in [1.54, 1.807) is 0 Å². The number of carbonyl (C=O) groups excluding carboxylic acids is 1. The van der Waals surface area contributed by atoms with Gasteiger partial charge in [0.05, 0.1) is 24.5 Å². The largest absolute Gasteiger partial charge is 0.464 e. The second kappa shape index (κ2) is 9.16. The number of allylic oxidation sites excluding steroid dienone is 1. The molecule has 0 spiro atoms. The molecule has 0 saturated heterocycles. The Morgan fingerprint density at radius 2 is 2.03 bits per heavy atom. The lowest BCUT2D eigenvalue weighted by Crippen LogP contribution is -2.59. The van der Waals surface area contributed by atoms with Gasteiger partial charge in [-0.15, -0.1) is 9.24 Å². The van der Waals surface area contributed by atoms with E-state index in [2.05, 4.69) is 53.8 Å². The monoisotopic (exact) mass is 536 g/mol. The van der Waals surface area contributed by atoms with E-state index in [1.165, 1.54) is 16.8 Å². The first-order chi connectivity index (χ1) is 18.1. The fraction of sp³-hybridized carbons (Fsp3) is 0.688. The maximum Gasteiger partial charge on any atom is 0.139 e. The summed E-state index contributed by atoms with van der Waals surface area (Å²) in [5, 5.41) is 16.8. The highest BCUT2D eigenvalue weighted by Crippen LogP contribution is 2.72. The highest BCUT2D eigenvalue weighted by molar-refractivity contribution is 7.15. The normalized spacial score (nSPS) is 39.7. The van der Waals surface area contributed by atoms with Crippen molar-refractivity contribution in [1.82, 2.24) is 9.78 Å². The Kier molecular flexibility index (Phi) is 6.39. The number of nitrogens with zero attached hydrogens (tertiary/aromatic N) is 2. The third-order valence-electron chi connectivity index (χ3n) is 12.0. The minimum atomic E-state index is -0.388. The fourth-order valence-corrected chi connectivity index (χ4v) is 10.6. The van der Waals surface area contributed by atoms with Gasteiger partial charge in [0.1, 0.15) is 17.3 Å². The number of furan rings is 1. The van der Waals surface area contributed by atoms with Gasteiger partial charge in [0, 0.05) is 18.0 Å². The molecule has 3 fully saturated rings. The number of hydrogen-bond donors (Lipinski definition) is 1. The van der Waals surface area contributed by atoms with Gasteiger partial charge in [0.15, 0.2) is 0 Å². The Morgan fingerprint density at radius 3 is 2.71 bits per heavy atom. The molecule has 2 aromatic heterocycles. The topological polar surface area (TPSA) is 68.3 Å². The summed E-state index contributed by atoms with van der Waals surface area (Å²) in [6, 6.07) is 4.09. The van der Waals surface area contributed by atoms with Crippen molar-refractivity contribution in [3.05, 3.63) is 46.7 Å². The van der Waals surface area contributed by atoms with Crippen molar-refractivity contribution in [3.63, 3.8) is 0 Å². The minimum absolute atomic E-state index is 0.0721. The Bertz CT molecular complexity index is 1280. The zero-order chi connectivity index (χ0) is 27.0. The summed E-state index contributed by atoms with van der Waals surface area (Å²) in [4.78, 5) is 13.6. The molecule has 0 amide bonds. The van der Waals surface area contributed by atoms with E-state index in [-0.39, 0.29) is 28.3 Å². The van der Waals surface area contributed by atoms with Crippen molar-refractivity contribution >= 4 is 21.1 Å². The molecule has 206 valence electrons.